The van der Waals surface area contributed by atoms with Gasteiger partial charge in [-0.15, -0.1) is 0 Å². The van der Waals surface area contributed by atoms with Crippen molar-refractivity contribution in [1.82, 2.24) is 5.32 Å². The molecule has 1 aromatic carbocycles. The molecule has 1 rings (SSSR count). The van der Waals surface area contributed by atoms with Crippen LogP contribution < -0.4 is 10.1 Å². The van der Waals surface area contributed by atoms with E-state index in [1.807, 2.05) is 13.0 Å². The molecule has 1 amide bonds. The molecular weight excluding hydrogens is 278 g/mol. The molecule has 4 nitrogen and oxygen atoms in total. The van der Waals surface area contributed by atoms with E-state index in [-0.39, 0.29) is 11.8 Å². The van der Waals surface area contributed by atoms with Crippen LogP contribution in [-0.2, 0) is 9.53 Å². The summed E-state index contributed by atoms with van der Waals surface area (Å²) in [6.45, 7) is 7.68. The van der Waals surface area contributed by atoms with E-state index in [0.29, 0.717) is 25.5 Å². The molecule has 0 aliphatic heterocycles. The van der Waals surface area contributed by atoms with E-state index < -0.39 is 0 Å². The number of hydrogen-bond donors (Lipinski definition) is 1. The van der Waals surface area contributed by atoms with Crippen molar-refractivity contribution in [2.24, 2.45) is 5.92 Å². The largest absolute Gasteiger partial charge is 0.496 e. The normalized spacial score (nSPS) is 12.3. The first-order valence-electron chi connectivity index (χ1n) is 7.89. The molecule has 0 bridgehead atoms. The quantitative estimate of drug-likeness (QED) is 0.712. The highest BCUT2D eigenvalue weighted by Crippen LogP contribution is 2.31. The molecule has 1 atom stereocenters. The predicted molar refractivity (Wildman–Crippen MR) is 89.4 cm³/mol. The van der Waals surface area contributed by atoms with Gasteiger partial charge in [-0.25, -0.2) is 0 Å². The second-order valence-electron chi connectivity index (χ2n) is 5.98. The van der Waals surface area contributed by atoms with Crippen molar-refractivity contribution < 1.29 is 14.3 Å². The molecule has 0 spiro atoms. The molecule has 22 heavy (non-hydrogen) atoms. The molecule has 0 saturated heterocycles. The topological polar surface area (TPSA) is 47.6 Å². The minimum absolute atomic E-state index is 0.100. The maximum Gasteiger partial charge on any atom is 0.220 e. The smallest absolute Gasteiger partial charge is 0.220 e. The zero-order chi connectivity index (χ0) is 16.5. The van der Waals surface area contributed by atoms with E-state index in [2.05, 4.69) is 31.3 Å². The van der Waals surface area contributed by atoms with Crippen molar-refractivity contribution in [3.05, 3.63) is 29.3 Å². The summed E-state index contributed by atoms with van der Waals surface area (Å²) >= 11 is 0. The average molecular weight is 307 g/mol. The number of ether oxygens (including phenoxy) is 2. The van der Waals surface area contributed by atoms with E-state index in [0.717, 1.165) is 17.7 Å². The number of amides is 1. The highest BCUT2D eigenvalue weighted by molar-refractivity contribution is 5.76. The van der Waals surface area contributed by atoms with Crippen molar-refractivity contribution in [2.75, 3.05) is 27.4 Å². The van der Waals surface area contributed by atoms with Gasteiger partial charge in [-0.2, -0.15) is 0 Å². The van der Waals surface area contributed by atoms with Crippen LogP contribution in [0.3, 0.4) is 0 Å². The second kappa shape index (κ2) is 9.46. The van der Waals surface area contributed by atoms with Gasteiger partial charge in [0.2, 0.25) is 5.91 Å². The Labute approximate surface area is 134 Å². The minimum atomic E-state index is 0.100. The van der Waals surface area contributed by atoms with E-state index in [9.17, 15) is 4.79 Å². The van der Waals surface area contributed by atoms with Crippen LogP contribution in [0.1, 0.15) is 43.7 Å². The van der Waals surface area contributed by atoms with Gasteiger partial charge in [0.1, 0.15) is 5.75 Å². The summed E-state index contributed by atoms with van der Waals surface area (Å²) in [6, 6.07) is 6.17. The molecular formula is C18H29NO3. The highest BCUT2D eigenvalue weighted by Gasteiger charge is 2.20. The van der Waals surface area contributed by atoms with Crippen molar-refractivity contribution in [3.63, 3.8) is 0 Å². The van der Waals surface area contributed by atoms with Crippen LogP contribution in [0.5, 0.6) is 5.75 Å². The zero-order valence-electron chi connectivity index (χ0n) is 14.4. The first-order chi connectivity index (χ1) is 10.5. The lowest BCUT2D eigenvalue weighted by atomic mass is 9.85. The van der Waals surface area contributed by atoms with Crippen LogP contribution >= 0.6 is 0 Å². The van der Waals surface area contributed by atoms with Gasteiger partial charge in [-0.05, 0) is 42.4 Å². The van der Waals surface area contributed by atoms with Crippen LogP contribution in [0.2, 0.25) is 0 Å². The van der Waals surface area contributed by atoms with Gasteiger partial charge in [0.05, 0.1) is 7.11 Å². The molecule has 0 fully saturated rings. The summed E-state index contributed by atoms with van der Waals surface area (Å²) in [5.74, 6) is 1.60. The SMILES string of the molecule is COCCCNC(=O)CC(c1ccc(OC)c(C)c1)C(C)C. The summed E-state index contributed by atoms with van der Waals surface area (Å²) in [5, 5.41) is 2.97. The van der Waals surface area contributed by atoms with E-state index >= 15 is 0 Å². The van der Waals surface area contributed by atoms with Crippen molar-refractivity contribution in [1.29, 1.82) is 0 Å². The molecule has 124 valence electrons. The fourth-order valence-electron chi connectivity index (χ4n) is 2.59. The van der Waals surface area contributed by atoms with Crippen LogP contribution in [0, 0.1) is 12.8 Å². The van der Waals surface area contributed by atoms with Gasteiger partial charge in [0.15, 0.2) is 0 Å². The standard InChI is InChI=1S/C18H29NO3/c1-13(2)16(12-18(20)19-9-6-10-21-4)15-7-8-17(22-5)14(3)11-15/h7-8,11,13,16H,6,9-10,12H2,1-5H3,(H,19,20). The number of nitrogens with one attached hydrogen (secondary N) is 1. The van der Waals surface area contributed by atoms with Gasteiger partial charge < -0.3 is 14.8 Å². The molecule has 0 radical (unpaired) electrons. The van der Waals surface area contributed by atoms with E-state index in [1.165, 1.54) is 5.56 Å². The molecule has 0 heterocycles. The van der Waals surface area contributed by atoms with Gasteiger partial charge in [0, 0.05) is 26.7 Å². The zero-order valence-corrected chi connectivity index (χ0v) is 14.4. The Kier molecular flexibility index (Phi) is 7.96. The van der Waals surface area contributed by atoms with Crippen LogP contribution in [-0.4, -0.2) is 33.3 Å². The first kappa shape index (κ1) is 18.5. The fraction of sp³-hybridized carbons (Fsp3) is 0.611. The number of aryl methyl sites for hydroxylation is 1. The molecule has 0 saturated carbocycles. The molecule has 0 aliphatic carbocycles. The summed E-state index contributed by atoms with van der Waals surface area (Å²) in [5.41, 5.74) is 2.30. The summed E-state index contributed by atoms with van der Waals surface area (Å²) < 4.78 is 10.3. The third-order valence-electron chi connectivity index (χ3n) is 3.90. The monoisotopic (exact) mass is 307 g/mol. The molecule has 0 aromatic heterocycles. The van der Waals surface area contributed by atoms with Gasteiger partial charge in [-0.3, -0.25) is 4.79 Å². The third kappa shape index (κ3) is 5.68. The molecule has 1 N–H and O–H groups in total. The number of rotatable bonds is 9. The van der Waals surface area contributed by atoms with Crippen molar-refractivity contribution >= 4 is 5.91 Å². The Balaban J connectivity index is 2.69. The van der Waals surface area contributed by atoms with Crippen LogP contribution in [0.15, 0.2) is 18.2 Å². The third-order valence-corrected chi connectivity index (χ3v) is 3.90. The van der Waals surface area contributed by atoms with E-state index in [4.69, 9.17) is 9.47 Å². The van der Waals surface area contributed by atoms with Gasteiger partial charge in [-0.1, -0.05) is 26.0 Å². The van der Waals surface area contributed by atoms with Gasteiger partial charge >= 0.3 is 0 Å². The van der Waals surface area contributed by atoms with E-state index in [1.54, 1.807) is 14.2 Å². The van der Waals surface area contributed by atoms with Crippen molar-refractivity contribution in [2.45, 2.75) is 39.5 Å². The Morgan fingerprint density at radius 3 is 2.55 bits per heavy atom. The molecule has 4 heteroatoms. The summed E-state index contributed by atoms with van der Waals surface area (Å²) in [6.07, 6.45) is 1.35. The Bertz CT molecular complexity index is 471. The number of methoxy groups -OCH3 is 2. The summed E-state index contributed by atoms with van der Waals surface area (Å²) in [7, 11) is 3.35. The lowest BCUT2D eigenvalue weighted by Crippen LogP contribution is -2.27. The van der Waals surface area contributed by atoms with Gasteiger partial charge in [0.25, 0.3) is 0 Å². The molecule has 0 aliphatic rings. The molecule has 1 unspecified atom stereocenters. The second-order valence-corrected chi connectivity index (χ2v) is 5.98. The lowest BCUT2D eigenvalue weighted by Gasteiger charge is -2.22. The summed E-state index contributed by atoms with van der Waals surface area (Å²) in [4.78, 5) is 12.1. The number of hydrogen-bond acceptors (Lipinski definition) is 3. The predicted octanol–water partition coefficient (Wildman–Crippen LogP) is 3.29. The number of benzene rings is 1. The molecule has 1 aromatic rings. The maximum atomic E-state index is 12.1. The van der Waals surface area contributed by atoms with Crippen molar-refractivity contribution in [3.8, 4) is 5.75 Å². The number of carbonyl (C=O) groups excluding carboxylic acids is 1. The Morgan fingerprint density at radius 2 is 2.00 bits per heavy atom. The maximum absolute atomic E-state index is 12.1. The first-order valence-corrected chi connectivity index (χ1v) is 7.89. The Morgan fingerprint density at radius 1 is 1.27 bits per heavy atom. The number of carbonyl (C=O) groups is 1. The Hall–Kier alpha value is -1.55. The van der Waals surface area contributed by atoms with Crippen LogP contribution in [0.25, 0.3) is 0 Å². The highest BCUT2D eigenvalue weighted by atomic mass is 16.5. The minimum Gasteiger partial charge on any atom is -0.496 e. The fourth-order valence-corrected chi connectivity index (χ4v) is 2.59. The average Bonchev–Trinajstić information content (AvgIpc) is 2.49. The van der Waals surface area contributed by atoms with Crippen LogP contribution in [0.4, 0.5) is 0 Å². The lowest BCUT2D eigenvalue weighted by molar-refractivity contribution is -0.121.